The molecule has 0 radical (unpaired) electrons. The molecule has 1 saturated carbocycles. The normalized spacial score (nSPS) is 18.8. The second-order valence-electron chi connectivity index (χ2n) is 12.2. The Morgan fingerprint density at radius 1 is 1.02 bits per heavy atom. The Bertz CT molecular complexity index is 1440. The van der Waals surface area contributed by atoms with Gasteiger partial charge in [-0.25, -0.2) is 14.3 Å². The molecule has 0 bridgehead atoms. The summed E-state index contributed by atoms with van der Waals surface area (Å²) in [5.41, 5.74) is 5.87. The number of carbonyl (C=O) groups excluding carboxylic acids is 2. The molecular weight excluding hydrogens is 631 g/mol. The van der Waals surface area contributed by atoms with E-state index in [4.69, 9.17) is 14.6 Å². The van der Waals surface area contributed by atoms with Gasteiger partial charge in [0, 0.05) is 41.6 Å². The van der Waals surface area contributed by atoms with Crippen molar-refractivity contribution in [1.82, 2.24) is 19.6 Å². The molecule has 3 aliphatic rings. The number of nitrogens with zero attached hydrogens (tertiary/aromatic N) is 4. The number of hydrogen-bond donors (Lipinski definition) is 0. The van der Waals surface area contributed by atoms with E-state index >= 15 is 0 Å². The predicted molar refractivity (Wildman–Crippen MR) is 164 cm³/mol. The zero-order valence-corrected chi connectivity index (χ0v) is 26.1. The molecule has 216 valence electrons. The fourth-order valence-corrected chi connectivity index (χ4v) is 6.77. The van der Waals surface area contributed by atoms with Crippen LogP contribution in [0.4, 0.5) is 9.59 Å². The molecule has 1 unspecified atom stereocenters. The van der Waals surface area contributed by atoms with E-state index in [0.717, 1.165) is 28.2 Å². The van der Waals surface area contributed by atoms with Crippen molar-refractivity contribution in [1.29, 1.82) is 0 Å². The van der Waals surface area contributed by atoms with Crippen molar-refractivity contribution in [3.8, 4) is 5.69 Å². The Hall–Kier alpha value is -3.08. The molecular formula is C32H37IN4O4. The summed E-state index contributed by atoms with van der Waals surface area (Å²) in [5.74, 6) is 0.671. The van der Waals surface area contributed by atoms with E-state index < -0.39 is 5.60 Å². The fourth-order valence-electron chi connectivity index (χ4n) is 6.00. The number of ether oxygens (including phenoxy) is 2. The Kier molecular flexibility index (Phi) is 7.74. The van der Waals surface area contributed by atoms with Gasteiger partial charge in [-0.2, -0.15) is 5.10 Å². The molecule has 1 fully saturated rings. The molecule has 1 atom stereocenters. The highest BCUT2D eigenvalue weighted by molar-refractivity contribution is 14.1. The first kappa shape index (κ1) is 28.1. The van der Waals surface area contributed by atoms with Crippen LogP contribution in [0, 0.1) is 3.57 Å². The lowest BCUT2D eigenvalue weighted by Crippen LogP contribution is -2.47. The van der Waals surface area contributed by atoms with E-state index in [9.17, 15) is 9.59 Å². The Morgan fingerprint density at radius 2 is 1.80 bits per heavy atom. The van der Waals surface area contributed by atoms with Crippen LogP contribution in [0.5, 0.6) is 0 Å². The zero-order chi connectivity index (χ0) is 28.7. The van der Waals surface area contributed by atoms with Crippen LogP contribution in [-0.2, 0) is 28.9 Å². The first-order valence-electron chi connectivity index (χ1n) is 14.5. The molecule has 1 aliphatic carbocycles. The third-order valence-electron chi connectivity index (χ3n) is 8.28. The summed E-state index contributed by atoms with van der Waals surface area (Å²) >= 11 is 2.43. The van der Waals surface area contributed by atoms with Crippen molar-refractivity contribution < 1.29 is 19.1 Å². The number of halogens is 1. The van der Waals surface area contributed by atoms with E-state index in [1.807, 2.05) is 51.1 Å². The van der Waals surface area contributed by atoms with Gasteiger partial charge in [0.1, 0.15) is 12.2 Å². The van der Waals surface area contributed by atoms with Crippen molar-refractivity contribution in [2.24, 2.45) is 0 Å². The average Bonchev–Trinajstić information content (AvgIpc) is 3.15. The van der Waals surface area contributed by atoms with Crippen LogP contribution >= 0.6 is 22.6 Å². The van der Waals surface area contributed by atoms with Crippen LogP contribution in [0.1, 0.15) is 80.1 Å². The standard InChI is InChI=1S/C32H37IN4O4/c1-32(2,3)41-31(39)36-17-15-27-29-25(34-37(27)26-13-12-23(18-24(26)33)22-10-7-11-22)14-16-35(19-28(29)36)30(38)40-20-21-8-5-4-6-9-21/h4-6,8-9,12-13,18,22,28H,7,10-11,14-17,19-20H2,1-3H3. The molecule has 6 rings (SSSR count). The van der Waals surface area contributed by atoms with Gasteiger partial charge in [-0.15, -0.1) is 0 Å². The predicted octanol–water partition coefficient (Wildman–Crippen LogP) is 6.77. The second kappa shape index (κ2) is 11.3. The average molecular weight is 669 g/mol. The first-order valence-corrected chi connectivity index (χ1v) is 15.6. The topological polar surface area (TPSA) is 76.9 Å². The molecule has 8 nitrogen and oxygen atoms in total. The Balaban J connectivity index is 1.31. The Labute approximate surface area is 255 Å². The number of benzene rings is 2. The number of hydrogen-bond acceptors (Lipinski definition) is 5. The van der Waals surface area contributed by atoms with Crippen molar-refractivity contribution in [3.05, 3.63) is 80.2 Å². The monoisotopic (exact) mass is 668 g/mol. The number of aromatic nitrogens is 2. The lowest BCUT2D eigenvalue weighted by molar-refractivity contribution is 0.00940. The molecule has 2 aromatic carbocycles. The molecule has 0 N–H and O–H groups in total. The molecule has 3 heterocycles. The quantitative estimate of drug-likeness (QED) is 0.287. The molecule has 2 amide bonds. The first-order chi connectivity index (χ1) is 19.7. The largest absolute Gasteiger partial charge is 0.445 e. The van der Waals surface area contributed by atoms with Gasteiger partial charge in [-0.05, 0) is 85.4 Å². The maximum atomic E-state index is 13.4. The van der Waals surface area contributed by atoms with Crippen LogP contribution in [-0.4, -0.2) is 57.0 Å². The molecule has 2 aliphatic heterocycles. The van der Waals surface area contributed by atoms with Gasteiger partial charge >= 0.3 is 12.2 Å². The second-order valence-corrected chi connectivity index (χ2v) is 13.4. The van der Waals surface area contributed by atoms with Crippen molar-refractivity contribution in [2.45, 2.75) is 77.0 Å². The minimum absolute atomic E-state index is 0.203. The van der Waals surface area contributed by atoms with Crippen molar-refractivity contribution in [3.63, 3.8) is 0 Å². The number of amides is 2. The van der Waals surface area contributed by atoms with Gasteiger partial charge in [-0.1, -0.05) is 42.8 Å². The lowest BCUT2D eigenvalue weighted by Gasteiger charge is -2.38. The summed E-state index contributed by atoms with van der Waals surface area (Å²) < 4.78 is 14.8. The molecule has 0 saturated heterocycles. The van der Waals surface area contributed by atoms with Gasteiger partial charge in [0.25, 0.3) is 0 Å². The van der Waals surface area contributed by atoms with Crippen LogP contribution in [0.2, 0.25) is 0 Å². The minimum atomic E-state index is -0.623. The van der Waals surface area contributed by atoms with Gasteiger partial charge in [0.05, 0.1) is 23.1 Å². The van der Waals surface area contributed by atoms with E-state index in [0.29, 0.717) is 38.4 Å². The fraction of sp³-hybridized carbons (Fsp3) is 0.469. The SMILES string of the molecule is CC(C)(C)OC(=O)N1CCc2c3c(nn2-c2ccc(C4CCC4)cc2I)CCN(C(=O)OCc2ccccc2)CC31. The van der Waals surface area contributed by atoms with Crippen molar-refractivity contribution in [2.75, 3.05) is 19.6 Å². The third-order valence-corrected chi connectivity index (χ3v) is 9.14. The summed E-state index contributed by atoms with van der Waals surface area (Å²) in [6.45, 7) is 7.11. The van der Waals surface area contributed by atoms with E-state index in [2.05, 4.69) is 45.5 Å². The van der Waals surface area contributed by atoms with E-state index in [1.54, 1.807) is 9.80 Å². The highest BCUT2D eigenvalue weighted by Crippen LogP contribution is 2.40. The summed E-state index contributed by atoms with van der Waals surface area (Å²) in [5, 5.41) is 5.12. The van der Waals surface area contributed by atoms with Gasteiger partial charge in [0.2, 0.25) is 0 Å². The smallest absolute Gasteiger partial charge is 0.410 e. The van der Waals surface area contributed by atoms with Gasteiger partial charge < -0.3 is 14.4 Å². The van der Waals surface area contributed by atoms with Gasteiger partial charge in [-0.3, -0.25) is 4.90 Å². The number of rotatable bonds is 4. The summed E-state index contributed by atoms with van der Waals surface area (Å²) in [6.07, 6.45) is 4.34. The highest BCUT2D eigenvalue weighted by atomic mass is 127. The van der Waals surface area contributed by atoms with Crippen molar-refractivity contribution >= 4 is 34.8 Å². The van der Waals surface area contributed by atoms with Crippen LogP contribution in [0.25, 0.3) is 5.69 Å². The van der Waals surface area contributed by atoms with E-state index in [-0.39, 0.29) is 24.8 Å². The van der Waals surface area contributed by atoms with Crippen LogP contribution < -0.4 is 0 Å². The molecule has 3 aromatic rings. The maximum Gasteiger partial charge on any atom is 0.410 e. The summed E-state index contributed by atoms with van der Waals surface area (Å²) in [7, 11) is 0. The molecule has 1 aromatic heterocycles. The molecule has 0 spiro atoms. The van der Waals surface area contributed by atoms with Gasteiger partial charge in [0.15, 0.2) is 0 Å². The maximum absolute atomic E-state index is 13.4. The van der Waals surface area contributed by atoms with Crippen LogP contribution in [0.15, 0.2) is 48.5 Å². The summed E-state index contributed by atoms with van der Waals surface area (Å²) in [4.78, 5) is 30.2. The van der Waals surface area contributed by atoms with Crippen LogP contribution in [0.3, 0.4) is 0 Å². The number of carbonyl (C=O) groups is 2. The molecule has 9 heteroatoms. The summed E-state index contributed by atoms with van der Waals surface area (Å²) in [6, 6.07) is 16.0. The highest BCUT2D eigenvalue weighted by Gasteiger charge is 2.42. The third kappa shape index (κ3) is 5.82. The lowest BCUT2D eigenvalue weighted by atomic mass is 9.80. The Morgan fingerprint density at radius 3 is 2.49 bits per heavy atom. The zero-order valence-electron chi connectivity index (χ0n) is 23.9. The van der Waals surface area contributed by atoms with E-state index in [1.165, 1.54) is 28.4 Å². The molecule has 41 heavy (non-hydrogen) atoms. The minimum Gasteiger partial charge on any atom is -0.445 e.